The number of pyridine rings is 1. The summed E-state index contributed by atoms with van der Waals surface area (Å²) in [6, 6.07) is 1.94. The smallest absolute Gasteiger partial charge is 0.427 e. The average molecular weight is 869 g/mol. The molecule has 0 unspecified atom stereocenters. The van der Waals surface area contributed by atoms with Crippen molar-refractivity contribution in [2.75, 3.05) is 31.6 Å². The van der Waals surface area contributed by atoms with E-state index in [9.17, 15) is 40.8 Å². The molecule has 4 amide bonds. The number of alkyl carbamates (subject to hydrolysis) is 1. The molecular weight excluding hydrogens is 810 g/mol. The van der Waals surface area contributed by atoms with Gasteiger partial charge < -0.3 is 34.6 Å². The summed E-state index contributed by atoms with van der Waals surface area (Å²) >= 11 is 0. The Labute approximate surface area is 355 Å². The zero-order valence-corrected chi connectivity index (χ0v) is 34.4. The summed E-state index contributed by atoms with van der Waals surface area (Å²) in [6.07, 6.45) is -3.04. The fourth-order valence-corrected chi connectivity index (χ4v) is 9.56. The third-order valence-corrected chi connectivity index (χ3v) is 14.5. The number of sulfonamides is 1. The van der Waals surface area contributed by atoms with Crippen molar-refractivity contribution in [3.63, 3.8) is 0 Å². The van der Waals surface area contributed by atoms with E-state index >= 15 is 0 Å². The van der Waals surface area contributed by atoms with Crippen LogP contribution < -0.4 is 29.7 Å². The van der Waals surface area contributed by atoms with Gasteiger partial charge in [-0.3, -0.25) is 19.1 Å². The SMILES string of the molecule is [2H]C([2H])([2H])C(OC(=O)N[C@@H]1C(=O)N2C[C@H](Oc3nccc4c5c(ccc34)N(C)CCO5)C[C@H]2C(=O)N[C@]2(C(=O)NS(=O)(=O)C3(C)CC3)C[C@H]2/C=C\CC[C@H](C)C[C@H]1C)(C([2H])([2H])[2H])C(F)(F)F. The third kappa shape index (κ3) is 8.29. The maximum Gasteiger partial charge on any atom is 0.427 e. The van der Waals surface area contributed by atoms with Crippen molar-refractivity contribution in [2.24, 2.45) is 17.8 Å². The number of allylic oxidation sites excluding steroid dienone is 1. The number of halogens is 3. The molecule has 4 heterocycles. The van der Waals surface area contributed by atoms with Gasteiger partial charge in [-0.25, -0.2) is 18.2 Å². The molecule has 1 aromatic carbocycles. The van der Waals surface area contributed by atoms with E-state index in [2.05, 4.69) is 19.8 Å². The quantitative estimate of drug-likeness (QED) is 0.327. The van der Waals surface area contributed by atoms with Crippen molar-refractivity contribution in [1.29, 1.82) is 0 Å². The Morgan fingerprint density at radius 1 is 1.12 bits per heavy atom. The number of carbonyl (C=O) groups excluding carboxylic acids is 4. The molecule has 19 heteroatoms. The van der Waals surface area contributed by atoms with Crippen LogP contribution in [0.1, 0.15) is 87.6 Å². The lowest BCUT2D eigenvalue weighted by atomic mass is 9.88. The molecule has 3 N–H and O–H groups in total. The number of carbonyl (C=O) groups is 4. The van der Waals surface area contributed by atoms with E-state index in [4.69, 9.17) is 17.7 Å². The molecule has 2 aliphatic carbocycles. The molecule has 0 spiro atoms. The Morgan fingerprint density at radius 2 is 1.87 bits per heavy atom. The second kappa shape index (κ2) is 15.6. The predicted molar refractivity (Wildman–Crippen MR) is 214 cm³/mol. The van der Waals surface area contributed by atoms with E-state index in [1.54, 1.807) is 24.3 Å². The van der Waals surface area contributed by atoms with Crippen LogP contribution >= 0.6 is 0 Å². The Morgan fingerprint density at radius 3 is 2.57 bits per heavy atom. The predicted octanol–water partition coefficient (Wildman–Crippen LogP) is 4.73. The van der Waals surface area contributed by atoms with Crippen LogP contribution in [-0.4, -0.2) is 109 Å². The van der Waals surface area contributed by atoms with E-state index in [0.29, 0.717) is 55.4 Å². The Bertz CT molecular complexity index is 2380. The monoisotopic (exact) mass is 868 g/mol. The van der Waals surface area contributed by atoms with Gasteiger partial charge in [0, 0.05) is 44.6 Å². The van der Waals surface area contributed by atoms with Crippen LogP contribution in [0.25, 0.3) is 10.8 Å². The normalized spacial score (nSPS) is 31.9. The highest BCUT2D eigenvalue weighted by atomic mass is 32.2. The highest BCUT2D eigenvalue weighted by Gasteiger charge is 2.63. The Balaban J connectivity index is 1.26. The lowest BCUT2D eigenvalue weighted by molar-refractivity contribution is -0.244. The maximum atomic E-state index is 15.0. The van der Waals surface area contributed by atoms with Crippen LogP contribution in [0, 0.1) is 17.8 Å². The zero-order valence-electron chi connectivity index (χ0n) is 39.6. The van der Waals surface area contributed by atoms with Gasteiger partial charge in [0.2, 0.25) is 33.3 Å². The minimum atomic E-state index is -6.15. The van der Waals surface area contributed by atoms with Crippen molar-refractivity contribution in [2.45, 2.75) is 120 Å². The summed E-state index contributed by atoms with van der Waals surface area (Å²) in [5, 5.41) is 5.92. The summed E-state index contributed by atoms with van der Waals surface area (Å²) in [6.45, 7) is -3.49. The molecule has 0 radical (unpaired) electrons. The molecule has 0 bridgehead atoms. The summed E-state index contributed by atoms with van der Waals surface area (Å²) < 4.78 is 134. The first-order chi connectivity index (χ1) is 30.6. The fraction of sp³-hybridized carbons (Fsp3) is 0.634. The molecule has 328 valence electrons. The molecular formula is C41H53F3N6O9S. The van der Waals surface area contributed by atoms with Gasteiger partial charge in [0.1, 0.15) is 30.3 Å². The van der Waals surface area contributed by atoms with Gasteiger partial charge in [-0.15, -0.1) is 0 Å². The molecule has 3 fully saturated rings. The lowest BCUT2D eigenvalue weighted by Crippen LogP contribution is -2.59. The van der Waals surface area contributed by atoms with Crippen LogP contribution in [0.15, 0.2) is 36.5 Å². The van der Waals surface area contributed by atoms with E-state index in [0.717, 1.165) is 10.6 Å². The van der Waals surface area contributed by atoms with Crippen LogP contribution in [0.3, 0.4) is 0 Å². The number of hydrogen-bond donors (Lipinski definition) is 3. The number of benzene rings is 1. The zero-order chi connectivity index (χ0) is 48.6. The molecule has 7 atom stereocenters. The van der Waals surface area contributed by atoms with E-state index in [1.165, 1.54) is 20.0 Å². The Kier molecular flexibility index (Phi) is 9.32. The molecule has 3 aliphatic heterocycles. The number of anilines is 1. The molecule has 1 saturated heterocycles. The second-order valence-corrected chi connectivity index (χ2v) is 19.2. The first kappa shape index (κ1) is 35.9. The standard InChI is InChI=1S/C41H53F3N6O9S/c1-23-9-7-8-10-25-21-40(25,36(53)48-60(55,56)39(5)14-15-39)47-33(51)30-20-26(58-34-28-11-12-29-32(27(28)13-16-45-34)57-18-17-49(29)6)22-50(30)35(52)31(24(2)19-23)46-37(54)59-38(3,4)41(42,43)44/h8,10-13,16,23-26,30-31H,7,9,14-15,17-22H2,1-6H3,(H,46,54)(H,47,51)(H,48,53)/b10-8-/t23-,24+,25+,26+,30-,31-,40+/m0/s1/i3D3,4D3. The fourth-order valence-electron chi connectivity index (χ4n) is 8.25. The van der Waals surface area contributed by atoms with Crippen molar-refractivity contribution in [3.05, 3.63) is 36.5 Å². The number of hydrogen-bond acceptors (Lipinski definition) is 11. The molecule has 60 heavy (non-hydrogen) atoms. The summed E-state index contributed by atoms with van der Waals surface area (Å²) in [4.78, 5) is 64.7. The van der Waals surface area contributed by atoms with Crippen LogP contribution in [0.4, 0.5) is 23.7 Å². The number of amides is 4. The number of likely N-dealkylation sites (N-methyl/N-ethyl adjacent to an activating group) is 1. The first-order valence-corrected chi connectivity index (χ1v) is 21.4. The van der Waals surface area contributed by atoms with Gasteiger partial charge in [-0.1, -0.05) is 26.0 Å². The third-order valence-electron chi connectivity index (χ3n) is 12.4. The number of rotatable bonds is 7. The highest BCUT2D eigenvalue weighted by molar-refractivity contribution is 7.91. The number of aromatic nitrogens is 1. The second-order valence-electron chi connectivity index (χ2n) is 17.0. The number of nitrogens with zero attached hydrogens (tertiary/aromatic N) is 3. The van der Waals surface area contributed by atoms with E-state index < -0.39 is 106 Å². The van der Waals surface area contributed by atoms with Crippen LogP contribution in [-0.2, 0) is 29.1 Å². The Hall–Kier alpha value is -4.81. The van der Waals surface area contributed by atoms with E-state index in [1.807, 2.05) is 30.3 Å². The summed E-state index contributed by atoms with van der Waals surface area (Å²) in [7, 11) is -2.26. The molecule has 5 aliphatic rings. The number of ether oxygens (including phenoxy) is 3. The van der Waals surface area contributed by atoms with Gasteiger partial charge in [0.15, 0.2) is 5.75 Å². The molecule has 2 saturated carbocycles. The minimum absolute atomic E-state index is 0.00591. The minimum Gasteiger partial charge on any atom is -0.489 e. The van der Waals surface area contributed by atoms with E-state index in [-0.39, 0.29) is 31.1 Å². The average Bonchev–Trinajstić information content (AvgIpc) is 4.09. The lowest BCUT2D eigenvalue weighted by Gasteiger charge is -2.34. The first-order valence-electron chi connectivity index (χ1n) is 22.9. The molecule has 15 nitrogen and oxygen atoms in total. The van der Waals surface area contributed by atoms with Gasteiger partial charge in [0.25, 0.3) is 5.91 Å². The van der Waals surface area contributed by atoms with Crippen LogP contribution in [0.2, 0.25) is 0 Å². The summed E-state index contributed by atoms with van der Waals surface area (Å²) in [5.74, 6) is -4.15. The number of nitrogens with one attached hydrogen (secondary N) is 3. The maximum absolute atomic E-state index is 15.0. The van der Waals surface area contributed by atoms with Gasteiger partial charge in [-0.2, -0.15) is 13.2 Å². The molecule has 2 aromatic rings. The van der Waals surface area contributed by atoms with Crippen molar-refractivity contribution in [1.82, 2.24) is 25.2 Å². The summed E-state index contributed by atoms with van der Waals surface area (Å²) in [5.41, 5.74) is -5.96. The topological polar surface area (TPSA) is 186 Å². The number of fused-ring (bicyclic) bond motifs is 5. The van der Waals surface area contributed by atoms with Gasteiger partial charge in [0.05, 0.1) is 23.5 Å². The van der Waals surface area contributed by atoms with Crippen LogP contribution in [0.5, 0.6) is 11.6 Å². The molecule has 7 rings (SSSR count). The van der Waals surface area contributed by atoms with Crippen molar-refractivity contribution in [3.8, 4) is 11.6 Å². The molecule has 1 aromatic heterocycles. The largest absolute Gasteiger partial charge is 0.489 e. The van der Waals surface area contributed by atoms with Gasteiger partial charge in [-0.05, 0) is 89.2 Å². The van der Waals surface area contributed by atoms with Crippen molar-refractivity contribution >= 4 is 50.3 Å². The highest BCUT2D eigenvalue weighted by Crippen LogP contribution is 2.48. The van der Waals surface area contributed by atoms with Gasteiger partial charge >= 0.3 is 12.3 Å². The number of alkyl halides is 3. The van der Waals surface area contributed by atoms with Crippen molar-refractivity contribution < 1.29 is 63.2 Å².